The Morgan fingerprint density at radius 2 is 1.71 bits per heavy atom. The maximum atomic E-state index is 13.9. The first-order chi connectivity index (χ1) is 9.97. The lowest BCUT2D eigenvalue weighted by molar-refractivity contribution is 0.414. The summed E-state index contributed by atoms with van der Waals surface area (Å²) in [4.78, 5) is 0. The molecule has 0 saturated carbocycles. The van der Waals surface area contributed by atoms with Crippen LogP contribution in [0.3, 0.4) is 0 Å². The second-order valence-electron chi connectivity index (χ2n) is 4.40. The van der Waals surface area contributed by atoms with Crippen LogP contribution in [-0.4, -0.2) is 14.2 Å². The van der Waals surface area contributed by atoms with Crippen LogP contribution in [0.4, 0.5) is 13.2 Å². The van der Waals surface area contributed by atoms with Crippen molar-refractivity contribution in [1.82, 2.24) is 5.32 Å². The zero-order chi connectivity index (χ0) is 15.6. The molecule has 1 N–H and O–H groups in total. The first kappa shape index (κ1) is 15.7. The van der Waals surface area contributed by atoms with Gasteiger partial charge in [0, 0.05) is 17.7 Å². The van der Waals surface area contributed by atoms with Gasteiger partial charge in [-0.2, -0.15) is 0 Å². The van der Waals surface area contributed by atoms with Gasteiger partial charge in [0.2, 0.25) is 0 Å². The van der Waals surface area contributed by atoms with Gasteiger partial charge in [-0.1, -0.05) is 17.7 Å². The molecule has 2 aromatic rings. The number of rotatable bonds is 4. The van der Waals surface area contributed by atoms with Crippen molar-refractivity contribution in [2.45, 2.75) is 6.04 Å². The lowest BCUT2D eigenvalue weighted by atomic mass is 9.97. The van der Waals surface area contributed by atoms with Gasteiger partial charge in [0.25, 0.3) is 0 Å². The second kappa shape index (κ2) is 6.37. The van der Waals surface area contributed by atoms with E-state index in [2.05, 4.69) is 5.32 Å². The number of benzene rings is 2. The molecule has 0 aromatic heterocycles. The van der Waals surface area contributed by atoms with Crippen LogP contribution in [0.15, 0.2) is 30.3 Å². The van der Waals surface area contributed by atoms with E-state index in [-0.39, 0.29) is 5.56 Å². The van der Waals surface area contributed by atoms with Crippen molar-refractivity contribution in [2.24, 2.45) is 0 Å². The van der Waals surface area contributed by atoms with Crippen LogP contribution in [0.25, 0.3) is 0 Å². The molecule has 2 aromatic carbocycles. The van der Waals surface area contributed by atoms with Crippen LogP contribution in [-0.2, 0) is 0 Å². The van der Waals surface area contributed by atoms with E-state index in [1.807, 2.05) is 0 Å². The Kier molecular flexibility index (Phi) is 4.75. The first-order valence-corrected chi connectivity index (χ1v) is 6.51. The van der Waals surface area contributed by atoms with E-state index >= 15 is 0 Å². The summed E-state index contributed by atoms with van der Waals surface area (Å²) in [5.41, 5.74) is 0.271. The Morgan fingerprint density at radius 3 is 2.19 bits per heavy atom. The smallest absolute Gasteiger partial charge is 0.137 e. The molecule has 0 aliphatic rings. The van der Waals surface area contributed by atoms with Crippen LogP contribution in [0.1, 0.15) is 17.2 Å². The van der Waals surface area contributed by atoms with Gasteiger partial charge in [-0.3, -0.25) is 0 Å². The van der Waals surface area contributed by atoms with Crippen LogP contribution in [0.2, 0.25) is 5.02 Å². The monoisotopic (exact) mass is 315 g/mol. The molecule has 6 heteroatoms. The molecule has 0 heterocycles. The largest absolute Gasteiger partial charge is 0.495 e. The second-order valence-corrected chi connectivity index (χ2v) is 4.81. The normalized spacial score (nSPS) is 12.3. The number of hydrogen-bond donors (Lipinski definition) is 1. The maximum Gasteiger partial charge on any atom is 0.137 e. The van der Waals surface area contributed by atoms with Crippen molar-refractivity contribution in [3.8, 4) is 5.75 Å². The number of hydrogen-bond acceptors (Lipinski definition) is 2. The molecule has 0 bridgehead atoms. The Balaban J connectivity index is 2.52. The summed E-state index contributed by atoms with van der Waals surface area (Å²) in [5, 5.41) is 3.12. The van der Waals surface area contributed by atoms with E-state index in [0.717, 1.165) is 0 Å². The third kappa shape index (κ3) is 3.14. The molecule has 0 fully saturated rings. The summed E-state index contributed by atoms with van der Waals surface area (Å²) < 4.78 is 45.8. The van der Waals surface area contributed by atoms with E-state index < -0.39 is 23.5 Å². The highest BCUT2D eigenvalue weighted by molar-refractivity contribution is 6.32. The van der Waals surface area contributed by atoms with Crippen LogP contribution in [0, 0.1) is 17.5 Å². The summed E-state index contributed by atoms with van der Waals surface area (Å²) in [5.74, 6) is -2.43. The van der Waals surface area contributed by atoms with Crippen molar-refractivity contribution < 1.29 is 17.9 Å². The minimum absolute atomic E-state index is 0.264. The fourth-order valence-corrected chi connectivity index (χ4v) is 2.44. The maximum absolute atomic E-state index is 13.9. The van der Waals surface area contributed by atoms with Crippen molar-refractivity contribution in [2.75, 3.05) is 14.2 Å². The van der Waals surface area contributed by atoms with Crippen molar-refractivity contribution in [3.63, 3.8) is 0 Å². The Bertz CT molecular complexity index is 640. The average Bonchev–Trinajstić information content (AvgIpc) is 2.42. The fraction of sp³-hybridized carbons (Fsp3) is 0.200. The number of nitrogens with one attached hydrogen (secondary N) is 1. The molecule has 112 valence electrons. The molecule has 0 aliphatic heterocycles. The number of ether oxygens (including phenoxy) is 1. The summed E-state index contributed by atoms with van der Waals surface area (Å²) in [6.07, 6.45) is 0. The predicted octanol–water partition coefficient (Wildman–Crippen LogP) is 4.07. The Labute approximate surface area is 125 Å². The van der Waals surface area contributed by atoms with E-state index in [4.69, 9.17) is 16.3 Å². The molecule has 2 nitrogen and oxygen atoms in total. The van der Waals surface area contributed by atoms with Gasteiger partial charge in [-0.05, 0) is 24.7 Å². The first-order valence-electron chi connectivity index (χ1n) is 6.13. The predicted molar refractivity (Wildman–Crippen MR) is 75.2 cm³/mol. The van der Waals surface area contributed by atoms with Crippen molar-refractivity contribution in [1.29, 1.82) is 0 Å². The molecular formula is C15H13ClF3NO. The summed E-state index contributed by atoms with van der Waals surface area (Å²) in [6, 6.07) is 5.27. The minimum Gasteiger partial charge on any atom is -0.495 e. The molecule has 0 saturated heterocycles. The minimum atomic E-state index is -0.962. The van der Waals surface area contributed by atoms with Crippen molar-refractivity contribution >= 4 is 11.6 Å². The number of methoxy groups -OCH3 is 1. The average molecular weight is 316 g/mol. The van der Waals surface area contributed by atoms with Gasteiger partial charge in [0.05, 0.1) is 18.2 Å². The fourth-order valence-electron chi connectivity index (χ4n) is 2.17. The van der Waals surface area contributed by atoms with Crippen molar-refractivity contribution in [3.05, 3.63) is 63.9 Å². The zero-order valence-corrected chi connectivity index (χ0v) is 12.1. The molecule has 0 spiro atoms. The third-order valence-corrected chi connectivity index (χ3v) is 3.43. The molecule has 0 amide bonds. The summed E-state index contributed by atoms with van der Waals surface area (Å²) >= 11 is 6.02. The van der Waals surface area contributed by atoms with Gasteiger partial charge in [-0.15, -0.1) is 0 Å². The highest BCUT2D eigenvalue weighted by atomic mass is 35.5. The quantitative estimate of drug-likeness (QED) is 0.918. The zero-order valence-electron chi connectivity index (χ0n) is 11.4. The summed E-state index contributed by atoms with van der Waals surface area (Å²) in [7, 11) is 3.01. The molecule has 1 unspecified atom stereocenters. The number of halogens is 4. The van der Waals surface area contributed by atoms with E-state index in [0.29, 0.717) is 28.5 Å². The topological polar surface area (TPSA) is 21.3 Å². The highest BCUT2D eigenvalue weighted by Crippen LogP contribution is 2.32. The third-order valence-electron chi connectivity index (χ3n) is 3.13. The van der Waals surface area contributed by atoms with E-state index in [1.54, 1.807) is 25.2 Å². The molecular weight excluding hydrogens is 303 g/mol. The highest BCUT2D eigenvalue weighted by Gasteiger charge is 2.22. The lowest BCUT2D eigenvalue weighted by Crippen LogP contribution is -2.20. The van der Waals surface area contributed by atoms with Crippen LogP contribution >= 0.6 is 11.6 Å². The SMILES string of the molecule is CNC(c1ccc(OC)c(Cl)c1)c1c(F)cc(F)cc1F. The Morgan fingerprint density at radius 1 is 1.10 bits per heavy atom. The molecule has 0 radical (unpaired) electrons. The molecule has 1 atom stereocenters. The van der Waals surface area contributed by atoms with Gasteiger partial charge in [0.15, 0.2) is 0 Å². The van der Waals surface area contributed by atoms with Gasteiger partial charge in [0.1, 0.15) is 23.2 Å². The van der Waals surface area contributed by atoms with Crippen LogP contribution in [0.5, 0.6) is 5.75 Å². The van der Waals surface area contributed by atoms with Crippen LogP contribution < -0.4 is 10.1 Å². The standard InChI is InChI=1S/C15H13ClF3NO/c1-20-15(8-3-4-13(21-2)10(16)5-8)14-11(18)6-9(17)7-12(14)19/h3-7,15,20H,1-2H3. The molecule has 21 heavy (non-hydrogen) atoms. The van der Waals surface area contributed by atoms with E-state index in [1.165, 1.54) is 7.11 Å². The Hall–Kier alpha value is -1.72. The van der Waals surface area contributed by atoms with E-state index in [9.17, 15) is 13.2 Å². The lowest BCUT2D eigenvalue weighted by Gasteiger charge is -2.19. The summed E-state index contributed by atoms with van der Waals surface area (Å²) in [6.45, 7) is 0. The molecule has 2 rings (SSSR count). The molecule has 0 aliphatic carbocycles. The van der Waals surface area contributed by atoms with Gasteiger partial charge < -0.3 is 10.1 Å². The van der Waals surface area contributed by atoms with Gasteiger partial charge in [-0.25, -0.2) is 13.2 Å². The van der Waals surface area contributed by atoms with Gasteiger partial charge >= 0.3 is 0 Å².